The van der Waals surface area contributed by atoms with Crippen LogP contribution in [0.25, 0.3) is 0 Å². The Labute approximate surface area is 248 Å². The van der Waals surface area contributed by atoms with Gasteiger partial charge in [0, 0.05) is 23.0 Å². The van der Waals surface area contributed by atoms with E-state index in [0.717, 1.165) is 28.0 Å². The van der Waals surface area contributed by atoms with Crippen LogP contribution in [0.1, 0.15) is 23.9 Å². The molecule has 1 N–H and O–H groups in total. The Hall–Kier alpha value is -5.52. The molecule has 3 amide bonds. The Bertz CT molecular complexity index is 1680. The molecule has 44 heavy (non-hydrogen) atoms. The van der Waals surface area contributed by atoms with Gasteiger partial charge in [0.25, 0.3) is 17.7 Å². The highest BCUT2D eigenvalue weighted by Crippen LogP contribution is 2.33. The number of carbonyl (C=O) groups is 3. The van der Waals surface area contributed by atoms with Gasteiger partial charge in [0.1, 0.15) is 29.6 Å². The van der Waals surface area contributed by atoms with E-state index < -0.39 is 53.9 Å². The zero-order valence-electron chi connectivity index (χ0n) is 23.5. The number of ether oxygens (including phenoxy) is 2. The third kappa shape index (κ3) is 7.09. The molecule has 1 aliphatic heterocycles. The van der Waals surface area contributed by atoms with E-state index in [1.807, 2.05) is 0 Å². The zero-order chi connectivity index (χ0) is 32.2. The molecule has 0 radical (unpaired) electrons. The van der Waals surface area contributed by atoms with Crippen molar-refractivity contribution in [1.29, 1.82) is 0 Å². The van der Waals surface area contributed by atoms with E-state index in [1.54, 1.807) is 0 Å². The van der Waals surface area contributed by atoms with Gasteiger partial charge in [-0.1, -0.05) is 12.5 Å². The lowest BCUT2D eigenvalue weighted by atomic mass is 10.1. The van der Waals surface area contributed by atoms with Gasteiger partial charge >= 0.3 is 12.3 Å². The molecule has 0 bridgehead atoms. The van der Waals surface area contributed by atoms with E-state index >= 15 is 0 Å². The fourth-order valence-corrected chi connectivity index (χ4v) is 4.01. The third-order valence-corrected chi connectivity index (χ3v) is 6.12. The molecule has 1 aromatic carbocycles. The molecule has 1 atom stereocenters. The number of hydrogen-bond donors (Lipinski definition) is 1. The molecule has 0 saturated carbocycles. The largest absolute Gasteiger partial charge is 0.478 e. The average molecular weight is 613 g/mol. The SMILES string of the molecule is C=C(C)C(=O)Nc1cc(C#CCN(C(=O)[C@@H]2COC(=O)N2c2cc(C(F)(F)F)cc(C)n2)c2ccc(F)cc2)nnc1OC. The molecular weight excluding hydrogens is 588 g/mol. The maximum Gasteiger partial charge on any atom is 0.416 e. The van der Waals surface area contributed by atoms with Crippen LogP contribution in [0.2, 0.25) is 0 Å². The summed E-state index contributed by atoms with van der Waals surface area (Å²) in [5.74, 6) is 3.16. The number of methoxy groups -OCH3 is 1. The molecule has 0 spiro atoms. The van der Waals surface area contributed by atoms with Gasteiger partial charge in [-0.3, -0.25) is 14.5 Å². The van der Waals surface area contributed by atoms with Gasteiger partial charge < -0.3 is 14.8 Å². The number of aryl methyl sites for hydroxylation is 1. The predicted molar refractivity (Wildman–Crippen MR) is 149 cm³/mol. The number of carbonyl (C=O) groups excluding carboxylic acids is 3. The fraction of sp³-hybridized carbons (Fsp3) is 0.241. The molecule has 2 aromatic heterocycles. The van der Waals surface area contributed by atoms with Crippen LogP contribution in [-0.2, 0) is 20.5 Å². The van der Waals surface area contributed by atoms with Crippen molar-refractivity contribution in [3.8, 4) is 17.7 Å². The van der Waals surface area contributed by atoms with Crippen LogP contribution >= 0.6 is 0 Å². The highest BCUT2D eigenvalue weighted by molar-refractivity contribution is 6.06. The normalized spacial score (nSPS) is 14.3. The Balaban J connectivity index is 1.67. The summed E-state index contributed by atoms with van der Waals surface area (Å²) in [6, 6.07) is 6.20. The number of hydrogen-bond acceptors (Lipinski definition) is 8. The first-order valence-electron chi connectivity index (χ1n) is 12.7. The van der Waals surface area contributed by atoms with E-state index in [2.05, 4.69) is 38.9 Å². The average Bonchev–Trinajstić information content (AvgIpc) is 3.36. The van der Waals surface area contributed by atoms with Crippen molar-refractivity contribution >= 4 is 35.1 Å². The topological polar surface area (TPSA) is 127 Å². The molecular formula is C29H24F4N6O5. The van der Waals surface area contributed by atoms with Crippen LogP contribution in [0.3, 0.4) is 0 Å². The predicted octanol–water partition coefficient (Wildman–Crippen LogP) is 4.27. The fourth-order valence-electron chi connectivity index (χ4n) is 4.01. The number of nitrogens with zero attached hydrogens (tertiary/aromatic N) is 5. The van der Waals surface area contributed by atoms with E-state index in [-0.39, 0.29) is 40.8 Å². The quantitative estimate of drug-likeness (QED) is 0.238. The van der Waals surface area contributed by atoms with Gasteiger partial charge in [0.05, 0.1) is 19.2 Å². The lowest BCUT2D eigenvalue weighted by Crippen LogP contribution is -2.48. The van der Waals surface area contributed by atoms with Crippen LogP contribution < -0.4 is 19.9 Å². The number of cyclic esters (lactones) is 1. The lowest BCUT2D eigenvalue weighted by molar-refractivity contribution is -0.137. The molecule has 3 aromatic rings. The van der Waals surface area contributed by atoms with Crippen LogP contribution in [0.4, 0.5) is 39.5 Å². The molecule has 1 saturated heterocycles. The van der Waals surface area contributed by atoms with Crippen molar-refractivity contribution in [3.63, 3.8) is 0 Å². The van der Waals surface area contributed by atoms with Crippen molar-refractivity contribution in [1.82, 2.24) is 15.2 Å². The molecule has 15 heteroatoms. The number of halogens is 4. The minimum absolute atomic E-state index is 0.0118. The summed E-state index contributed by atoms with van der Waals surface area (Å²) in [6.07, 6.45) is -5.81. The molecule has 228 valence electrons. The van der Waals surface area contributed by atoms with E-state index in [9.17, 15) is 31.9 Å². The number of amides is 3. The first-order valence-corrected chi connectivity index (χ1v) is 12.7. The van der Waals surface area contributed by atoms with Crippen molar-refractivity contribution in [2.75, 3.05) is 35.4 Å². The summed E-state index contributed by atoms with van der Waals surface area (Å²) in [5, 5.41) is 10.3. The molecule has 3 heterocycles. The van der Waals surface area contributed by atoms with Gasteiger partial charge in [-0.25, -0.2) is 19.1 Å². The minimum atomic E-state index is -4.74. The standard InChI is InChI=1S/C29H24F4N6O5/c1-16(2)25(40)35-22-14-20(36-37-26(22)43-4)6-5-11-38(21-9-7-19(30)8-10-21)27(41)23-15-44-28(42)39(23)24-13-18(29(31,32)33)12-17(3)34-24/h7-10,12-14,23H,1,11,15H2,2-4H3,(H,35,36,40)/t23-/m0/s1. The zero-order valence-corrected chi connectivity index (χ0v) is 23.5. The summed E-state index contributed by atoms with van der Waals surface area (Å²) >= 11 is 0. The van der Waals surface area contributed by atoms with Crippen LogP contribution in [0.5, 0.6) is 5.88 Å². The van der Waals surface area contributed by atoms with Crippen molar-refractivity contribution < 1.29 is 41.4 Å². The Kier molecular flexibility index (Phi) is 9.12. The minimum Gasteiger partial charge on any atom is -0.478 e. The number of benzene rings is 1. The van der Waals surface area contributed by atoms with E-state index in [1.165, 1.54) is 39.2 Å². The van der Waals surface area contributed by atoms with Crippen LogP contribution in [-0.4, -0.2) is 59.4 Å². The highest BCUT2D eigenvalue weighted by Gasteiger charge is 2.43. The molecule has 0 aliphatic carbocycles. The van der Waals surface area contributed by atoms with Gasteiger partial charge in [0.2, 0.25) is 0 Å². The van der Waals surface area contributed by atoms with Crippen molar-refractivity contribution in [3.05, 3.63) is 77.4 Å². The maximum atomic E-state index is 13.8. The molecule has 1 fully saturated rings. The van der Waals surface area contributed by atoms with Crippen molar-refractivity contribution in [2.45, 2.75) is 26.1 Å². The monoisotopic (exact) mass is 612 g/mol. The Morgan fingerprint density at radius 3 is 2.55 bits per heavy atom. The number of rotatable bonds is 7. The summed E-state index contributed by atoms with van der Waals surface area (Å²) < 4.78 is 64.3. The number of alkyl halides is 3. The lowest BCUT2D eigenvalue weighted by Gasteiger charge is -2.27. The second kappa shape index (κ2) is 12.8. The van der Waals surface area contributed by atoms with Crippen LogP contribution in [0, 0.1) is 24.6 Å². The highest BCUT2D eigenvalue weighted by atomic mass is 19.4. The molecule has 1 aliphatic rings. The second-order valence-corrected chi connectivity index (χ2v) is 9.41. The number of aromatic nitrogens is 3. The summed E-state index contributed by atoms with van der Waals surface area (Å²) in [4.78, 5) is 44.4. The number of pyridine rings is 1. The van der Waals surface area contributed by atoms with Crippen molar-refractivity contribution in [2.24, 2.45) is 0 Å². The van der Waals surface area contributed by atoms with Gasteiger partial charge in [-0.2, -0.15) is 13.2 Å². The Morgan fingerprint density at radius 2 is 1.91 bits per heavy atom. The van der Waals surface area contributed by atoms with Gasteiger partial charge in [0.15, 0.2) is 6.04 Å². The molecule has 11 nitrogen and oxygen atoms in total. The third-order valence-electron chi connectivity index (χ3n) is 6.12. The number of nitrogens with one attached hydrogen (secondary N) is 1. The maximum absolute atomic E-state index is 13.8. The van der Waals surface area contributed by atoms with E-state index in [4.69, 9.17) is 9.47 Å². The first-order chi connectivity index (χ1) is 20.8. The van der Waals surface area contributed by atoms with Crippen LogP contribution in [0.15, 0.2) is 54.6 Å². The Morgan fingerprint density at radius 1 is 1.20 bits per heavy atom. The molecule has 4 rings (SSSR count). The van der Waals surface area contributed by atoms with E-state index in [0.29, 0.717) is 6.07 Å². The summed E-state index contributed by atoms with van der Waals surface area (Å²) in [6.45, 7) is 5.56. The first kappa shape index (κ1) is 31.4. The number of anilines is 3. The summed E-state index contributed by atoms with van der Waals surface area (Å²) in [7, 11) is 1.33. The van der Waals surface area contributed by atoms with Gasteiger partial charge in [-0.15, -0.1) is 10.2 Å². The summed E-state index contributed by atoms with van der Waals surface area (Å²) in [5.41, 5.74) is -0.461. The second-order valence-electron chi connectivity index (χ2n) is 9.41. The smallest absolute Gasteiger partial charge is 0.416 e. The van der Waals surface area contributed by atoms with Gasteiger partial charge in [-0.05, 0) is 56.2 Å². The molecule has 0 unspecified atom stereocenters.